The zero-order chi connectivity index (χ0) is 26.8. The second-order valence-electron chi connectivity index (χ2n) is 7.66. The van der Waals surface area contributed by atoms with Gasteiger partial charge >= 0.3 is 17.9 Å². The normalized spacial score (nSPS) is 27.0. The molecule has 0 unspecified atom stereocenters. The molecule has 2 amide bonds. The standard InChI is InChI=1S/C20H23Cl3N2O10/c1-7-8(2)17(30)25(16(7)29)13-15(33-11(5)28)14(32-10(4)27)12(6-31-9(3)26)34-18(13)35-19(24)20(21,22)23/h12-15,18,24H,6H2,1-5H3/t12-,13-,14+,15-,18+/m1/s1. The number of rotatable bonds is 6. The third-order valence-corrected chi connectivity index (χ3v) is 5.62. The Labute approximate surface area is 215 Å². The number of carbonyl (C=O) groups excluding carboxylic acids is 5. The number of carbonyl (C=O) groups is 5. The molecule has 1 saturated heterocycles. The molecular weight excluding hydrogens is 535 g/mol. The first-order valence-corrected chi connectivity index (χ1v) is 11.2. The number of nitrogens with zero attached hydrogens (tertiary/aromatic N) is 1. The van der Waals surface area contributed by atoms with Gasteiger partial charge in [-0.3, -0.25) is 34.3 Å². The van der Waals surface area contributed by atoms with Gasteiger partial charge in [-0.1, -0.05) is 34.8 Å². The highest BCUT2D eigenvalue weighted by molar-refractivity contribution is 6.76. The summed E-state index contributed by atoms with van der Waals surface area (Å²) in [7, 11) is 0. The van der Waals surface area contributed by atoms with Crippen molar-refractivity contribution in [2.45, 2.75) is 69.1 Å². The molecule has 0 aromatic rings. The minimum atomic E-state index is -2.37. The first-order valence-electron chi connectivity index (χ1n) is 10.1. The SMILES string of the molecule is CC(=O)OC[C@H]1O[C@@H](OC(=N)C(Cl)(Cl)Cl)[C@H](N2C(=O)C(C)=C(C)C2=O)[C@@H](OC(C)=O)[C@H]1OC(C)=O. The topological polar surface area (TPSA) is 159 Å². The fourth-order valence-corrected chi connectivity index (χ4v) is 3.62. The molecule has 0 aliphatic carbocycles. The summed E-state index contributed by atoms with van der Waals surface area (Å²) in [5.41, 5.74) is 0.190. The molecule has 2 aliphatic rings. The van der Waals surface area contributed by atoms with Crippen molar-refractivity contribution in [3.05, 3.63) is 11.1 Å². The lowest BCUT2D eigenvalue weighted by molar-refractivity contribution is -0.272. The molecule has 0 aromatic heterocycles. The number of hydrogen-bond acceptors (Lipinski definition) is 11. The number of amides is 2. The third-order valence-electron chi connectivity index (χ3n) is 5.10. The Morgan fingerprint density at radius 2 is 1.40 bits per heavy atom. The lowest BCUT2D eigenvalue weighted by Gasteiger charge is -2.47. The molecule has 35 heavy (non-hydrogen) atoms. The Hall–Kier alpha value is -2.41. The van der Waals surface area contributed by atoms with Crippen molar-refractivity contribution in [1.82, 2.24) is 4.90 Å². The van der Waals surface area contributed by atoms with E-state index >= 15 is 0 Å². The van der Waals surface area contributed by atoms with Crippen LogP contribution in [0.25, 0.3) is 0 Å². The van der Waals surface area contributed by atoms with Crippen molar-refractivity contribution >= 4 is 70.4 Å². The van der Waals surface area contributed by atoms with Crippen LogP contribution in [0.15, 0.2) is 11.1 Å². The molecule has 1 N–H and O–H groups in total. The summed E-state index contributed by atoms with van der Waals surface area (Å²) >= 11 is 17.2. The average Bonchev–Trinajstić information content (AvgIpc) is 2.90. The van der Waals surface area contributed by atoms with Gasteiger partial charge in [-0.2, -0.15) is 0 Å². The molecule has 0 radical (unpaired) electrons. The lowest BCUT2D eigenvalue weighted by Crippen LogP contribution is -2.68. The molecule has 12 nitrogen and oxygen atoms in total. The van der Waals surface area contributed by atoms with Gasteiger partial charge in [0.15, 0.2) is 12.2 Å². The van der Waals surface area contributed by atoms with E-state index in [0.717, 1.165) is 20.8 Å². The minimum absolute atomic E-state index is 0.0952. The smallest absolute Gasteiger partial charge is 0.303 e. The Bertz CT molecular complexity index is 953. The van der Waals surface area contributed by atoms with Crippen molar-refractivity contribution in [1.29, 1.82) is 5.41 Å². The summed E-state index contributed by atoms with van der Waals surface area (Å²) in [4.78, 5) is 62.0. The Balaban J connectivity index is 2.65. The number of esters is 3. The fourth-order valence-electron chi connectivity index (χ4n) is 3.48. The predicted molar refractivity (Wildman–Crippen MR) is 120 cm³/mol. The second-order valence-corrected chi connectivity index (χ2v) is 9.94. The van der Waals surface area contributed by atoms with Crippen molar-refractivity contribution in [2.24, 2.45) is 0 Å². The number of alkyl halides is 3. The van der Waals surface area contributed by atoms with E-state index < -0.39 is 76.7 Å². The Morgan fingerprint density at radius 1 is 0.914 bits per heavy atom. The van der Waals surface area contributed by atoms with Gasteiger partial charge in [-0.25, -0.2) is 0 Å². The highest BCUT2D eigenvalue weighted by atomic mass is 35.6. The van der Waals surface area contributed by atoms with Crippen LogP contribution in [-0.2, 0) is 47.7 Å². The summed E-state index contributed by atoms with van der Waals surface area (Å²) in [5, 5.41) is 7.95. The van der Waals surface area contributed by atoms with E-state index in [2.05, 4.69) is 0 Å². The molecule has 5 atom stereocenters. The highest BCUT2D eigenvalue weighted by Gasteiger charge is 2.58. The second kappa shape index (κ2) is 11.1. The van der Waals surface area contributed by atoms with Gasteiger partial charge in [0.1, 0.15) is 18.8 Å². The molecule has 2 aliphatic heterocycles. The monoisotopic (exact) mass is 556 g/mol. The summed E-state index contributed by atoms with van der Waals surface area (Å²) in [6, 6.07) is -1.60. The average molecular weight is 558 g/mol. The van der Waals surface area contributed by atoms with Gasteiger partial charge in [0.25, 0.3) is 15.6 Å². The van der Waals surface area contributed by atoms with Crippen molar-refractivity contribution in [3.63, 3.8) is 0 Å². The van der Waals surface area contributed by atoms with Crippen molar-refractivity contribution < 1.29 is 47.7 Å². The molecule has 0 saturated carbocycles. The maximum Gasteiger partial charge on any atom is 0.303 e. The molecule has 0 bridgehead atoms. The van der Waals surface area contributed by atoms with E-state index in [-0.39, 0.29) is 11.1 Å². The quantitative estimate of drug-likeness (QED) is 0.127. The van der Waals surface area contributed by atoms with Crippen LogP contribution < -0.4 is 0 Å². The summed E-state index contributed by atoms with van der Waals surface area (Å²) in [5.74, 6) is -4.91. The largest absolute Gasteiger partial charge is 0.463 e. The zero-order valence-corrected chi connectivity index (χ0v) is 21.5. The van der Waals surface area contributed by atoms with Gasteiger partial charge in [-0.15, -0.1) is 0 Å². The van der Waals surface area contributed by atoms with Crippen LogP contribution in [-0.4, -0.2) is 81.6 Å². The van der Waals surface area contributed by atoms with E-state index in [4.69, 9.17) is 63.9 Å². The van der Waals surface area contributed by atoms with E-state index in [1.807, 2.05) is 0 Å². The summed E-state index contributed by atoms with van der Waals surface area (Å²) in [6.07, 6.45) is -6.14. The molecule has 15 heteroatoms. The fraction of sp³-hybridized carbons (Fsp3) is 0.600. The van der Waals surface area contributed by atoms with Gasteiger partial charge < -0.3 is 23.7 Å². The summed E-state index contributed by atoms with van der Waals surface area (Å²) < 4.78 is 24.4. The van der Waals surface area contributed by atoms with Crippen LogP contribution in [0.1, 0.15) is 34.6 Å². The van der Waals surface area contributed by atoms with Crippen LogP contribution in [0, 0.1) is 5.41 Å². The van der Waals surface area contributed by atoms with E-state index in [0.29, 0.717) is 4.90 Å². The Morgan fingerprint density at radius 3 is 1.83 bits per heavy atom. The van der Waals surface area contributed by atoms with Crippen LogP contribution in [0.3, 0.4) is 0 Å². The van der Waals surface area contributed by atoms with Gasteiger partial charge in [0.2, 0.25) is 12.2 Å². The van der Waals surface area contributed by atoms with Crippen LogP contribution in [0.4, 0.5) is 0 Å². The van der Waals surface area contributed by atoms with Crippen molar-refractivity contribution in [2.75, 3.05) is 6.61 Å². The van der Waals surface area contributed by atoms with E-state index in [1.54, 1.807) is 0 Å². The molecule has 2 rings (SSSR count). The predicted octanol–water partition coefficient (Wildman–Crippen LogP) is 1.58. The highest BCUT2D eigenvalue weighted by Crippen LogP contribution is 2.37. The number of imide groups is 1. The number of hydrogen-bond donors (Lipinski definition) is 1. The number of ether oxygens (including phenoxy) is 5. The van der Waals surface area contributed by atoms with Gasteiger partial charge in [-0.05, 0) is 13.8 Å². The molecule has 0 spiro atoms. The zero-order valence-electron chi connectivity index (χ0n) is 19.3. The molecular formula is C20H23Cl3N2O10. The lowest BCUT2D eigenvalue weighted by atomic mass is 9.94. The van der Waals surface area contributed by atoms with Gasteiger partial charge in [0.05, 0.1) is 0 Å². The van der Waals surface area contributed by atoms with Crippen LogP contribution in [0.5, 0.6) is 0 Å². The summed E-state index contributed by atoms with van der Waals surface area (Å²) in [6.45, 7) is 5.52. The molecule has 1 fully saturated rings. The maximum absolute atomic E-state index is 13.0. The molecule has 0 aromatic carbocycles. The van der Waals surface area contributed by atoms with Gasteiger partial charge in [0, 0.05) is 31.9 Å². The third kappa shape index (κ3) is 6.63. The molecule has 194 valence electrons. The van der Waals surface area contributed by atoms with E-state index in [1.165, 1.54) is 13.8 Å². The number of nitrogens with one attached hydrogen (secondary N) is 1. The van der Waals surface area contributed by atoms with Crippen LogP contribution >= 0.6 is 34.8 Å². The minimum Gasteiger partial charge on any atom is -0.463 e. The van der Waals surface area contributed by atoms with Crippen molar-refractivity contribution in [3.8, 4) is 0 Å². The first-order chi connectivity index (χ1) is 16.1. The van der Waals surface area contributed by atoms with Crippen LogP contribution in [0.2, 0.25) is 0 Å². The maximum atomic E-state index is 13.0. The van der Waals surface area contributed by atoms with E-state index in [9.17, 15) is 24.0 Å². The number of halogens is 3. The first kappa shape index (κ1) is 28.8. The Kier molecular flexibility index (Phi) is 9.15. The molecule has 2 heterocycles.